The molecule has 0 unspecified atom stereocenters. The van der Waals surface area contributed by atoms with E-state index in [-0.39, 0.29) is 6.30 Å². The molecule has 3 rings (SSSR count). The summed E-state index contributed by atoms with van der Waals surface area (Å²) < 4.78 is 7.71. The van der Waals surface area contributed by atoms with Gasteiger partial charge in [-0.2, -0.15) is 0 Å². The molecule has 1 aromatic heterocycles. The third-order valence-electron chi connectivity index (χ3n) is 2.59. The van der Waals surface area contributed by atoms with Crippen molar-refractivity contribution in [1.82, 2.24) is 15.0 Å². The highest BCUT2D eigenvalue weighted by atomic mass is 15.0. The summed E-state index contributed by atoms with van der Waals surface area (Å²) in [7, 11) is 0. The number of nitrogens with zero attached hydrogens (tertiary/aromatic N) is 3. The van der Waals surface area contributed by atoms with Crippen molar-refractivity contribution in [2.75, 3.05) is 0 Å². The maximum atomic E-state index is 7.71. The van der Waals surface area contributed by atoms with Gasteiger partial charge in [0.1, 0.15) is 7.67 Å². The van der Waals surface area contributed by atoms with E-state index in [1.54, 1.807) is 0 Å². The van der Waals surface area contributed by atoms with E-state index in [4.69, 9.17) is 1.37 Å². The fraction of sp³-hybridized carbons (Fsp3) is 0. The summed E-state index contributed by atoms with van der Waals surface area (Å²) in [6.45, 7) is 0. The van der Waals surface area contributed by atoms with Gasteiger partial charge in [-0.1, -0.05) is 60.7 Å². The predicted molar refractivity (Wildman–Crippen MR) is 70.7 cm³/mol. The topological polar surface area (TPSA) is 38.7 Å². The first kappa shape index (κ1) is 9.48. The van der Waals surface area contributed by atoms with Crippen molar-refractivity contribution >= 4 is 0 Å². The van der Waals surface area contributed by atoms with Crippen molar-refractivity contribution in [3.05, 3.63) is 67.0 Å². The smallest absolute Gasteiger partial charge is 0.163 e. The van der Waals surface area contributed by atoms with Crippen LogP contribution in [-0.2, 0) is 0 Å². The number of hydrogen-bond donors (Lipinski definition) is 0. The minimum absolute atomic E-state index is 0.0206. The van der Waals surface area contributed by atoms with Gasteiger partial charge in [-0.3, -0.25) is 0 Å². The Morgan fingerprint density at radius 1 is 0.667 bits per heavy atom. The van der Waals surface area contributed by atoms with Gasteiger partial charge in [0.15, 0.2) is 11.6 Å². The molecule has 0 bridgehead atoms. The third kappa shape index (κ3) is 2.11. The SMILES string of the molecule is [2H]c1nc(-c2ccccc2)nc(-c2ccccc2)n1. The van der Waals surface area contributed by atoms with E-state index in [0.717, 1.165) is 11.1 Å². The van der Waals surface area contributed by atoms with Gasteiger partial charge in [-0.15, -0.1) is 0 Å². The Bertz CT molecular complexity index is 627. The zero-order valence-electron chi connectivity index (χ0n) is 10.6. The van der Waals surface area contributed by atoms with Crippen LogP contribution in [0.5, 0.6) is 0 Å². The van der Waals surface area contributed by atoms with E-state index in [1.165, 1.54) is 0 Å². The van der Waals surface area contributed by atoms with Crippen LogP contribution in [0.2, 0.25) is 0 Å². The van der Waals surface area contributed by atoms with Gasteiger partial charge in [0.25, 0.3) is 0 Å². The Labute approximate surface area is 107 Å². The highest BCUT2D eigenvalue weighted by Crippen LogP contribution is 2.18. The molecule has 0 atom stereocenters. The molecule has 0 spiro atoms. The van der Waals surface area contributed by atoms with E-state index < -0.39 is 0 Å². The summed E-state index contributed by atoms with van der Waals surface area (Å²) in [5.74, 6) is 1.05. The maximum Gasteiger partial charge on any atom is 0.163 e. The molecule has 1 heterocycles. The van der Waals surface area contributed by atoms with Crippen LogP contribution in [0.25, 0.3) is 22.8 Å². The molecule has 2 aromatic carbocycles. The zero-order valence-corrected chi connectivity index (χ0v) is 9.62. The van der Waals surface area contributed by atoms with E-state index in [2.05, 4.69) is 15.0 Å². The molecular formula is C15H11N3. The minimum atomic E-state index is -0.0206. The Balaban J connectivity index is 2.12. The second-order valence-corrected chi connectivity index (χ2v) is 3.81. The number of rotatable bonds is 2. The first-order chi connectivity index (χ1) is 9.33. The fourth-order valence-electron chi connectivity index (χ4n) is 1.70. The quantitative estimate of drug-likeness (QED) is 0.683. The third-order valence-corrected chi connectivity index (χ3v) is 2.59. The summed E-state index contributed by atoms with van der Waals surface area (Å²) in [6, 6.07) is 19.2. The number of aromatic nitrogens is 3. The van der Waals surface area contributed by atoms with Crippen LogP contribution in [0.15, 0.2) is 67.0 Å². The van der Waals surface area contributed by atoms with Crippen LogP contribution in [0.3, 0.4) is 0 Å². The summed E-state index contributed by atoms with van der Waals surface area (Å²) in [6.07, 6.45) is -0.0206. The Hall–Kier alpha value is -2.55. The fourth-order valence-corrected chi connectivity index (χ4v) is 1.70. The Kier molecular flexibility index (Phi) is 2.50. The first-order valence-corrected chi connectivity index (χ1v) is 5.66. The van der Waals surface area contributed by atoms with E-state index in [1.807, 2.05) is 60.7 Å². The van der Waals surface area contributed by atoms with Crippen LogP contribution in [-0.4, -0.2) is 15.0 Å². The Morgan fingerprint density at radius 2 is 1.11 bits per heavy atom. The van der Waals surface area contributed by atoms with Gasteiger partial charge in [-0.25, -0.2) is 15.0 Å². The lowest BCUT2D eigenvalue weighted by atomic mass is 10.2. The van der Waals surface area contributed by atoms with Crippen LogP contribution < -0.4 is 0 Å². The molecule has 3 nitrogen and oxygen atoms in total. The van der Waals surface area contributed by atoms with Crippen LogP contribution >= 0.6 is 0 Å². The highest BCUT2D eigenvalue weighted by Gasteiger charge is 2.04. The molecule has 0 saturated heterocycles. The van der Waals surface area contributed by atoms with Crippen molar-refractivity contribution < 1.29 is 1.37 Å². The van der Waals surface area contributed by atoms with Crippen molar-refractivity contribution in [2.45, 2.75) is 0 Å². The molecule has 86 valence electrons. The monoisotopic (exact) mass is 234 g/mol. The molecule has 18 heavy (non-hydrogen) atoms. The second-order valence-electron chi connectivity index (χ2n) is 3.81. The zero-order chi connectivity index (χ0) is 13.1. The first-order valence-electron chi connectivity index (χ1n) is 6.16. The summed E-state index contributed by atoms with van der Waals surface area (Å²) >= 11 is 0. The average molecular weight is 234 g/mol. The van der Waals surface area contributed by atoms with Gasteiger partial charge >= 0.3 is 0 Å². The molecule has 0 radical (unpaired) electrons. The minimum Gasteiger partial charge on any atom is -0.217 e. The molecular weight excluding hydrogens is 222 g/mol. The van der Waals surface area contributed by atoms with E-state index >= 15 is 0 Å². The average Bonchev–Trinajstić information content (AvgIpc) is 2.48. The van der Waals surface area contributed by atoms with Crippen molar-refractivity contribution in [2.24, 2.45) is 0 Å². The maximum absolute atomic E-state index is 7.71. The van der Waals surface area contributed by atoms with Gasteiger partial charge in [0, 0.05) is 11.1 Å². The van der Waals surface area contributed by atoms with Gasteiger partial charge in [0.05, 0.1) is 0 Å². The van der Waals surface area contributed by atoms with Crippen LogP contribution in [0, 0.1) is 0 Å². The van der Waals surface area contributed by atoms with Gasteiger partial charge < -0.3 is 0 Å². The summed E-state index contributed by atoms with van der Waals surface area (Å²) in [4.78, 5) is 12.6. The van der Waals surface area contributed by atoms with Crippen LogP contribution in [0.1, 0.15) is 1.37 Å². The lowest BCUT2D eigenvalue weighted by Crippen LogP contribution is -1.94. The molecule has 0 amide bonds. The predicted octanol–water partition coefficient (Wildman–Crippen LogP) is 3.21. The molecule has 3 heteroatoms. The molecule has 0 saturated carbocycles. The number of hydrogen-bond acceptors (Lipinski definition) is 3. The molecule has 0 aliphatic heterocycles. The lowest BCUT2D eigenvalue weighted by molar-refractivity contribution is 1.07. The molecule has 0 aliphatic carbocycles. The number of benzene rings is 2. The van der Waals surface area contributed by atoms with Crippen LogP contribution in [0.4, 0.5) is 0 Å². The second kappa shape index (κ2) is 4.75. The molecule has 0 N–H and O–H groups in total. The standard InChI is InChI=1S/C15H11N3/c1-3-7-12(8-4-1)14-16-11-17-15(18-14)13-9-5-2-6-10-13/h1-11H/i11D. The van der Waals surface area contributed by atoms with E-state index in [9.17, 15) is 0 Å². The largest absolute Gasteiger partial charge is 0.217 e. The summed E-state index contributed by atoms with van der Waals surface area (Å²) in [5.41, 5.74) is 1.77. The van der Waals surface area contributed by atoms with Gasteiger partial charge in [-0.05, 0) is 0 Å². The summed E-state index contributed by atoms with van der Waals surface area (Å²) in [5, 5.41) is 0. The lowest BCUT2D eigenvalue weighted by Gasteiger charge is -2.02. The van der Waals surface area contributed by atoms with Crippen molar-refractivity contribution in [3.63, 3.8) is 0 Å². The van der Waals surface area contributed by atoms with Crippen molar-refractivity contribution in [3.8, 4) is 22.8 Å². The van der Waals surface area contributed by atoms with Gasteiger partial charge in [0.2, 0.25) is 0 Å². The Morgan fingerprint density at radius 3 is 1.56 bits per heavy atom. The molecule has 3 aromatic rings. The normalized spacial score (nSPS) is 11.0. The van der Waals surface area contributed by atoms with Crippen molar-refractivity contribution in [1.29, 1.82) is 0 Å². The highest BCUT2D eigenvalue weighted by molar-refractivity contribution is 5.60. The molecule has 0 fully saturated rings. The molecule has 0 aliphatic rings. The van der Waals surface area contributed by atoms with E-state index in [0.29, 0.717) is 11.6 Å².